The van der Waals surface area contributed by atoms with Crippen LogP contribution in [-0.2, 0) is 0 Å². The normalized spacial score (nSPS) is 10.0. The summed E-state index contributed by atoms with van der Waals surface area (Å²) in [5.74, 6) is -0.691. The summed E-state index contributed by atoms with van der Waals surface area (Å²) in [6, 6.07) is 11.1. The molecule has 0 saturated heterocycles. The van der Waals surface area contributed by atoms with Crippen LogP contribution in [0, 0.1) is 6.92 Å². The average Bonchev–Trinajstić information content (AvgIpc) is 2.98. The number of carbonyl (C=O) groups is 3. The van der Waals surface area contributed by atoms with Crippen molar-refractivity contribution in [2.24, 2.45) is 5.73 Å². The van der Waals surface area contributed by atoms with Gasteiger partial charge >= 0.3 is 12.2 Å². The SMILES string of the molecule is Cc1ccccc1-c1csc2c(Cl)cc(C(=O)NC(=O)O)cc12.NC(=O)O. The first kappa shape index (κ1) is 20.2. The molecule has 5 N–H and O–H groups in total. The lowest BCUT2D eigenvalue weighted by atomic mass is 9.99. The fraction of sp³-hybridized carbons (Fsp3) is 0.0556. The number of primary amides is 1. The van der Waals surface area contributed by atoms with Crippen molar-refractivity contribution in [3.63, 3.8) is 0 Å². The van der Waals surface area contributed by atoms with Crippen LogP contribution in [-0.4, -0.2) is 28.3 Å². The maximum absolute atomic E-state index is 11.9. The highest BCUT2D eigenvalue weighted by atomic mass is 35.5. The first-order valence-corrected chi connectivity index (χ1v) is 8.76. The summed E-state index contributed by atoms with van der Waals surface area (Å²) in [6.45, 7) is 2.02. The van der Waals surface area contributed by atoms with Gasteiger partial charge in [0.2, 0.25) is 0 Å². The molecule has 0 bridgehead atoms. The van der Waals surface area contributed by atoms with E-state index in [2.05, 4.69) is 5.73 Å². The maximum Gasteiger partial charge on any atom is 0.411 e. The number of aryl methyl sites for hydroxylation is 1. The van der Waals surface area contributed by atoms with Crippen molar-refractivity contribution in [3.8, 4) is 11.1 Å². The highest BCUT2D eigenvalue weighted by Crippen LogP contribution is 2.39. The lowest BCUT2D eigenvalue weighted by molar-refractivity contribution is 0.0948. The molecular weight excluding hydrogens is 392 g/mol. The second kappa shape index (κ2) is 8.52. The quantitative estimate of drug-likeness (QED) is 0.495. The lowest BCUT2D eigenvalue weighted by Crippen LogP contribution is -2.28. The van der Waals surface area contributed by atoms with E-state index in [1.54, 1.807) is 6.07 Å². The van der Waals surface area contributed by atoms with E-state index in [0.29, 0.717) is 5.02 Å². The monoisotopic (exact) mass is 406 g/mol. The molecule has 3 aromatic rings. The highest BCUT2D eigenvalue weighted by molar-refractivity contribution is 7.18. The zero-order chi connectivity index (χ0) is 20.1. The first-order chi connectivity index (χ1) is 12.7. The fourth-order valence-electron chi connectivity index (χ4n) is 2.48. The molecule has 0 unspecified atom stereocenters. The lowest BCUT2D eigenvalue weighted by Gasteiger charge is -2.06. The summed E-state index contributed by atoms with van der Waals surface area (Å²) in [7, 11) is 0. The zero-order valence-electron chi connectivity index (χ0n) is 14.0. The molecule has 0 atom stereocenters. The van der Waals surface area contributed by atoms with Crippen LogP contribution in [0.1, 0.15) is 15.9 Å². The number of benzene rings is 2. The van der Waals surface area contributed by atoms with Crippen LogP contribution in [0.25, 0.3) is 21.2 Å². The molecule has 3 rings (SSSR count). The van der Waals surface area contributed by atoms with Crippen LogP contribution in [0.4, 0.5) is 9.59 Å². The summed E-state index contributed by atoms with van der Waals surface area (Å²) >= 11 is 7.76. The van der Waals surface area contributed by atoms with Crippen molar-refractivity contribution >= 4 is 51.1 Å². The number of amides is 3. The van der Waals surface area contributed by atoms with Crippen molar-refractivity contribution in [2.45, 2.75) is 6.92 Å². The average molecular weight is 407 g/mol. The number of nitrogens with two attached hydrogens (primary N) is 1. The minimum absolute atomic E-state index is 0.220. The van der Waals surface area contributed by atoms with Crippen molar-refractivity contribution in [1.29, 1.82) is 0 Å². The minimum atomic E-state index is -1.39. The molecule has 0 aliphatic carbocycles. The van der Waals surface area contributed by atoms with Gasteiger partial charge in [0.1, 0.15) is 0 Å². The molecule has 0 fully saturated rings. The van der Waals surface area contributed by atoms with Gasteiger partial charge in [0.25, 0.3) is 5.91 Å². The molecule has 0 spiro atoms. The Morgan fingerprint density at radius 3 is 2.33 bits per heavy atom. The Labute approximate surface area is 163 Å². The Bertz CT molecular complexity index is 1030. The van der Waals surface area contributed by atoms with Crippen LogP contribution in [0.3, 0.4) is 0 Å². The predicted octanol–water partition coefficient (Wildman–Crippen LogP) is 4.56. The molecule has 7 nitrogen and oxygen atoms in total. The van der Waals surface area contributed by atoms with Crippen molar-refractivity contribution < 1.29 is 24.6 Å². The van der Waals surface area contributed by atoms with Gasteiger partial charge in [0.15, 0.2) is 0 Å². The molecule has 0 saturated carbocycles. The third-order valence-corrected chi connectivity index (χ3v) is 4.99. The highest BCUT2D eigenvalue weighted by Gasteiger charge is 2.16. The zero-order valence-corrected chi connectivity index (χ0v) is 15.6. The fourth-order valence-corrected chi connectivity index (χ4v) is 3.79. The summed E-state index contributed by atoms with van der Waals surface area (Å²) < 4.78 is 0.872. The van der Waals surface area contributed by atoms with Gasteiger partial charge in [-0.05, 0) is 35.6 Å². The van der Waals surface area contributed by atoms with E-state index in [-0.39, 0.29) is 5.56 Å². The van der Waals surface area contributed by atoms with Gasteiger partial charge in [-0.1, -0.05) is 35.9 Å². The third kappa shape index (κ3) is 4.96. The number of halogens is 1. The Kier molecular flexibility index (Phi) is 6.38. The summed E-state index contributed by atoms with van der Waals surface area (Å²) in [6.07, 6.45) is -2.73. The number of hydrogen-bond acceptors (Lipinski definition) is 4. The maximum atomic E-state index is 11.9. The van der Waals surface area contributed by atoms with E-state index >= 15 is 0 Å². The Hall–Kier alpha value is -3.10. The first-order valence-electron chi connectivity index (χ1n) is 7.50. The molecule has 9 heteroatoms. The van der Waals surface area contributed by atoms with Gasteiger partial charge in [-0.3, -0.25) is 10.1 Å². The van der Waals surface area contributed by atoms with E-state index in [0.717, 1.165) is 26.8 Å². The molecule has 0 aliphatic heterocycles. The van der Waals surface area contributed by atoms with E-state index in [9.17, 15) is 9.59 Å². The summed E-state index contributed by atoms with van der Waals surface area (Å²) in [5.41, 5.74) is 7.41. The number of thiophene rings is 1. The number of rotatable bonds is 2. The van der Waals surface area contributed by atoms with Gasteiger partial charge in [-0.15, -0.1) is 11.3 Å². The third-order valence-electron chi connectivity index (χ3n) is 3.55. The van der Waals surface area contributed by atoms with Crippen LogP contribution in [0.15, 0.2) is 41.8 Å². The molecule has 0 radical (unpaired) electrons. The number of imide groups is 1. The van der Waals surface area contributed by atoms with Crippen molar-refractivity contribution in [2.75, 3.05) is 0 Å². The number of nitrogens with one attached hydrogen (secondary N) is 1. The Morgan fingerprint density at radius 2 is 1.74 bits per heavy atom. The summed E-state index contributed by atoms with van der Waals surface area (Å²) in [4.78, 5) is 31.4. The van der Waals surface area contributed by atoms with Crippen LogP contribution in [0.5, 0.6) is 0 Å². The number of carboxylic acid groups (broad SMARTS) is 2. The van der Waals surface area contributed by atoms with Gasteiger partial charge in [-0.2, -0.15) is 0 Å². The van der Waals surface area contributed by atoms with E-state index in [4.69, 9.17) is 26.6 Å². The Balaban J connectivity index is 0.000000596. The topological polar surface area (TPSA) is 130 Å². The minimum Gasteiger partial charge on any atom is -0.465 e. The molecule has 3 amide bonds. The van der Waals surface area contributed by atoms with E-state index < -0.39 is 18.1 Å². The second-order valence-corrected chi connectivity index (χ2v) is 6.68. The predicted molar refractivity (Wildman–Crippen MR) is 105 cm³/mol. The standard InChI is InChI=1S/C17H12ClNO3S.CH3NO2/c1-9-4-2-3-5-11(9)13-8-23-15-12(13)6-10(7-14(15)18)16(20)19-17(21)22;2-1(3)4/h2-8H,1H3,(H,19,20)(H,21,22);2H2,(H,3,4). The molecule has 1 heterocycles. The molecule has 2 aromatic carbocycles. The van der Waals surface area contributed by atoms with Crippen LogP contribution >= 0.6 is 22.9 Å². The van der Waals surface area contributed by atoms with E-state index in [1.807, 2.05) is 41.9 Å². The van der Waals surface area contributed by atoms with Gasteiger partial charge < -0.3 is 15.9 Å². The molecular formula is C18H15ClN2O5S. The molecule has 140 valence electrons. The van der Waals surface area contributed by atoms with E-state index in [1.165, 1.54) is 17.4 Å². The van der Waals surface area contributed by atoms with Gasteiger partial charge in [0.05, 0.1) is 9.72 Å². The Morgan fingerprint density at radius 1 is 1.11 bits per heavy atom. The molecule has 0 aliphatic rings. The second-order valence-electron chi connectivity index (χ2n) is 5.40. The van der Waals surface area contributed by atoms with Crippen LogP contribution in [0.2, 0.25) is 5.02 Å². The van der Waals surface area contributed by atoms with Crippen LogP contribution < -0.4 is 11.1 Å². The molecule has 27 heavy (non-hydrogen) atoms. The smallest absolute Gasteiger partial charge is 0.411 e. The summed E-state index contributed by atoms with van der Waals surface area (Å²) in [5, 5.41) is 21.0. The number of fused-ring (bicyclic) bond motifs is 1. The number of hydrogen-bond donors (Lipinski definition) is 4. The van der Waals surface area contributed by atoms with Gasteiger partial charge in [-0.25, -0.2) is 9.59 Å². The molecule has 1 aromatic heterocycles. The van der Waals surface area contributed by atoms with Crippen molar-refractivity contribution in [3.05, 3.63) is 57.9 Å². The largest absolute Gasteiger partial charge is 0.465 e. The van der Waals surface area contributed by atoms with Crippen molar-refractivity contribution in [1.82, 2.24) is 5.32 Å². The number of carbonyl (C=O) groups excluding carboxylic acids is 1. The van der Waals surface area contributed by atoms with Gasteiger partial charge in [0, 0.05) is 16.5 Å².